The molecule has 3 N–H and O–H groups in total. The summed E-state index contributed by atoms with van der Waals surface area (Å²) in [4.78, 5) is 39.6. The third-order valence-electron chi connectivity index (χ3n) is 6.99. The second kappa shape index (κ2) is 9.72. The van der Waals surface area contributed by atoms with Crippen LogP contribution < -0.4 is 10.6 Å². The smallest absolute Gasteiger partial charge is 0.338 e. The van der Waals surface area contributed by atoms with Gasteiger partial charge in [-0.15, -0.1) is 0 Å². The molecule has 0 saturated heterocycles. The van der Waals surface area contributed by atoms with E-state index in [9.17, 15) is 19.5 Å². The molecule has 7 heteroatoms. The van der Waals surface area contributed by atoms with Crippen LogP contribution in [0.25, 0.3) is 0 Å². The van der Waals surface area contributed by atoms with Crippen molar-refractivity contribution in [2.45, 2.75) is 18.6 Å². The van der Waals surface area contributed by atoms with Gasteiger partial charge < -0.3 is 20.5 Å². The number of benzene rings is 3. The first-order valence-corrected chi connectivity index (χ1v) is 11.7. The highest BCUT2D eigenvalue weighted by Crippen LogP contribution is 2.54. The maximum atomic E-state index is 13.5. The second-order valence-electron chi connectivity index (χ2n) is 9.05. The monoisotopic (exact) mass is 470 g/mol. The summed E-state index contributed by atoms with van der Waals surface area (Å²) in [6, 6.07) is 26.5. The van der Waals surface area contributed by atoms with Crippen molar-refractivity contribution in [3.8, 4) is 0 Å². The fourth-order valence-corrected chi connectivity index (χ4v) is 5.46. The van der Waals surface area contributed by atoms with E-state index in [2.05, 4.69) is 10.6 Å². The first kappa shape index (κ1) is 22.8. The zero-order valence-electron chi connectivity index (χ0n) is 18.9. The van der Waals surface area contributed by atoms with Gasteiger partial charge >= 0.3 is 5.97 Å². The predicted molar refractivity (Wildman–Crippen MR) is 130 cm³/mol. The van der Waals surface area contributed by atoms with E-state index in [4.69, 9.17) is 4.74 Å². The van der Waals surface area contributed by atoms with Gasteiger partial charge in [0.1, 0.15) is 6.10 Å². The number of aliphatic hydroxyl groups is 1. The van der Waals surface area contributed by atoms with E-state index in [-0.39, 0.29) is 11.8 Å². The molecule has 6 atom stereocenters. The minimum absolute atomic E-state index is 0.329. The Hall–Kier alpha value is -3.97. The molecule has 2 aliphatic rings. The molecule has 0 heterocycles. The Bertz CT molecular complexity index is 1200. The summed E-state index contributed by atoms with van der Waals surface area (Å²) in [7, 11) is 0. The molecule has 0 spiro atoms. The Morgan fingerprint density at radius 1 is 0.686 bits per heavy atom. The van der Waals surface area contributed by atoms with Gasteiger partial charge in [-0.05, 0) is 42.8 Å². The summed E-state index contributed by atoms with van der Waals surface area (Å²) in [5, 5.41) is 16.8. The highest BCUT2D eigenvalue weighted by molar-refractivity contribution is 6.01. The van der Waals surface area contributed by atoms with Crippen LogP contribution in [-0.4, -0.2) is 35.1 Å². The van der Waals surface area contributed by atoms with Gasteiger partial charge in [-0.2, -0.15) is 0 Å². The lowest BCUT2D eigenvalue weighted by Crippen LogP contribution is -2.51. The average molecular weight is 471 g/mol. The number of para-hydroxylation sites is 2. The summed E-state index contributed by atoms with van der Waals surface area (Å²) in [6.45, 7) is 0. The van der Waals surface area contributed by atoms with Gasteiger partial charge in [0.05, 0.1) is 23.5 Å². The Balaban J connectivity index is 1.41. The largest absolute Gasteiger partial charge is 0.456 e. The quantitative estimate of drug-likeness (QED) is 0.476. The van der Waals surface area contributed by atoms with E-state index in [1.165, 1.54) is 0 Å². The lowest BCUT2D eigenvalue weighted by Gasteiger charge is -2.37. The molecule has 35 heavy (non-hydrogen) atoms. The molecule has 2 aliphatic carbocycles. The van der Waals surface area contributed by atoms with Gasteiger partial charge in [-0.1, -0.05) is 54.6 Å². The predicted octanol–water partition coefficient (Wildman–Crippen LogP) is 3.73. The minimum Gasteiger partial charge on any atom is -0.456 e. The van der Waals surface area contributed by atoms with Crippen LogP contribution in [0.2, 0.25) is 0 Å². The van der Waals surface area contributed by atoms with Crippen LogP contribution in [0.3, 0.4) is 0 Å². The lowest BCUT2D eigenvalue weighted by molar-refractivity contribution is -0.139. The Morgan fingerprint density at radius 3 is 1.66 bits per heavy atom. The molecule has 5 unspecified atom stereocenters. The summed E-state index contributed by atoms with van der Waals surface area (Å²) in [6.07, 6.45) is -1.51. The SMILES string of the molecule is O=C(OC1C2C[C@@H](C1O)C(C(=O)Nc1ccccc1)C2C(=O)Nc1ccccc1)c1ccccc1. The lowest BCUT2D eigenvalue weighted by atomic mass is 9.75. The van der Waals surface area contributed by atoms with Crippen molar-refractivity contribution in [3.05, 3.63) is 96.6 Å². The third kappa shape index (κ3) is 4.55. The van der Waals surface area contributed by atoms with Crippen LogP contribution in [0, 0.1) is 23.7 Å². The maximum Gasteiger partial charge on any atom is 0.338 e. The standard InChI is InChI=1S/C28H26N2O5/c31-24-20-16-21(25(24)35-28(34)17-10-4-1-5-11-17)23(27(33)30-19-14-8-3-9-15-19)22(20)26(32)29-18-12-6-2-7-13-18/h1-15,20-25,31H,16H2,(H,29,32)(H,30,33)/t20-,21?,22?,23?,24?,25?/m1/s1. The average Bonchev–Trinajstić information content (AvgIpc) is 3.42. The molecule has 178 valence electrons. The van der Waals surface area contributed by atoms with Crippen LogP contribution in [-0.2, 0) is 14.3 Å². The number of hydrogen-bond acceptors (Lipinski definition) is 5. The number of amides is 2. The van der Waals surface area contributed by atoms with Crippen LogP contribution in [0.15, 0.2) is 91.0 Å². The highest BCUT2D eigenvalue weighted by Gasteiger charge is 2.63. The van der Waals surface area contributed by atoms with Crippen LogP contribution in [0.4, 0.5) is 11.4 Å². The van der Waals surface area contributed by atoms with Crippen molar-refractivity contribution < 1.29 is 24.2 Å². The van der Waals surface area contributed by atoms with Crippen molar-refractivity contribution in [2.24, 2.45) is 23.7 Å². The Kier molecular flexibility index (Phi) is 6.33. The number of fused-ring (bicyclic) bond motifs is 2. The van der Waals surface area contributed by atoms with E-state index < -0.39 is 41.8 Å². The second-order valence-corrected chi connectivity index (χ2v) is 9.05. The van der Waals surface area contributed by atoms with Gasteiger partial charge in [0, 0.05) is 23.2 Å². The molecule has 2 bridgehead atoms. The molecule has 2 saturated carbocycles. The summed E-state index contributed by atoms with van der Waals surface area (Å²) in [5.41, 5.74) is 1.59. The number of ether oxygens (including phenoxy) is 1. The number of hydrogen-bond donors (Lipinski definition) is 3. The van der Waals surface area contributed by atoms with E-state index in [0.717, 1.165) is 0 Å². The maximum absolute atomic E-state index is 13.5. The fraction of sp³-hybridized carbons (Fsp3) is 0.250. The molecular weight excluding hydrogens is 444 g/mol. The molecule has 5 rings (SSSR count). The van der Waals surface area contributed by atoms with Crippen LogP contribution in [0.1, 0.15) is 16.8 Å². The number of carbonyl (C=O) groups excluding carboxylic acids is 3. The van der Waals surface area contributed by atoms with Gasteiger partial charge in [-0.3, -0.25) is 9.59 Å². The summed E-state index contributed by atoms with van der Waals surface area (Å²) in [5.74, 6) is -3.74. The molecule has 2 amide bonds. The molecule has 0 radical (unpaired) electrons. The van der Waals surface area contributed by atoms with E-state index in [0.29, 0.717) is 23.4 Å². The Labute approximate surface area is 203 Å². The van der Waals surface area contributed by atoms with Crippen molar-refractivity contribution in [1.82, 2.24) is 0 Å². The highest BCUT2D eigenvalue weighted by atomic mass is 16.6. The first-order valence-electron chi connectivity index (χ1n) is 11.7. The summed E-state index contributed by atoms with van der Waals surface area (Å²) < 4.78 is 5.72. The zero-order chi connectivity index (χ0) is 24.4. The number of anilines is 2. The molecule has 3 aromatic rings. The van der Waals surface area contributed by atoms with Crippen molar-refractivity contribution in [1.29, 1.82) is 0 Å². The number of esters is 1. The van der Waals surface area contributed by atoms with E-state index in [1.54, 1.807) is 54.6 Å². The molecule has 0 aliphatic heterocycles. The van der Waals surface area contributed by atoms with Crippen LogP contribution >= 0.6 is 0 Å². The van der Waals surface area contributed by atoms with Gasteiger partial charge in [-0.25, -0.2) is 4.79 Å². The van der Waals surface area contributed by atoms with Gasteiger partial charge in [0.25, 0.3) is 0 Å². The summed E-state index contributed by atoms with van der Waals surface area (Å²) >= 11 is 0. The third-order valence-corrected chi connectivity index (χ3v) is 6.99. The molecule has 7 nitrogen and oxygen atoms in total. The molecular formula is C28H26N2O5. The zero-order valence-corrected chi connectivity index (χ0v) is 18.9. The number of nitrogens with one attached hydrogen (secondary N) is 2. The number of rotatable bonds is 6. The van der Waals surface area contributed by atoms with Gasteiger partial charge in [0.2, 0.25) is 11.8 Å². The van der Waals surface area contributed by atoms with E-state index >= 15 is 0 Å². The van der Waals surface area contributed by atoms with Crippen molar-refractivity contribution in [2.75, 3.05) is 10.6 Å². The number of carbonyl (C=O) groups is 3. The van der Waals surface area contributed by atoms with Gasteiger partial charge in [0.15, 0.2) is 0 Å². The molecule has 0 aromatic heterocycles. The van der Waals surface area contributed by atoms with Crippen LogP contribution in [0.5, 0.6) is 0 Å². The van der Waals surface area contributed by atoms with Crippen molar-refractivity contribution >= 4 is 29.2 Å². The normalized spacial score (nSPS) is 26.7. The minimum atomic E-state index is -1.04. The fourth-order valence-electron chi connectivity index (χ4n) is 5.46. The number of aliphatic hydroxyl groups excluding tert-OH is 1. The first-order chi connectivity index (χ1) is 17.0. The molecule has 2 fully saturated rings. The van der Waals surface area contributed by atoms with E-state index in [1.807, 2.05) is 36.4 Å². The van der Waals surface area contributed by atoms with Crippen molar-refractivity contribution in [3.63, 3.8) is 0 Å². The molecule has 3 aromatic carbocycles. The Morgan fingerprint density at radius 2 is 1.14 bits per heavy atom. The topological polar surface area (TPSA) is 105 Å².